The van der Waals surface area contributed by atoms with E-state index in [-0.39, 0.29) is 5.75 Å². The van der Waals surface area contributed by atoms with E-state index >= 15 is 0 Å². The van der Waals surface area contributed by atoms with Crippen LogP contribution in [0.15, 0.2) is 66.2 Å². The first-order valence-electron chi connectivity index (χ1n) is 9.33. The topological polar surface area (TPSA) is 94.7 Å². The highest BCUT2D eigenvalue weighted by atomic mass is 35.5. The fourth-order valence-corrected chi connectivity index (χ4v) is 4.00. The number of halogens is 2. The molecular formula is C21H16Cl2N6O2S. The molecule has 0 unspecified atom stereocenters. The van der Waals surface area contributed by atoms with E-state index in [9.17, 15) is 9.59 Å². The fourth-order valence-electron chi connectivity index (χ4n) is 2.96. The van der Waals surface area contributed by atoms with Crippen molar-refractivity contribution in [3.63, 3.8) is 0 Å². The maximum Gasteiger partial charge on any atom is 0.274 e. The number of rotatable bonds is 6. The summed E-state index contributed by atoms with van der Waals surface area (Å²) in [5.41, 5.74) is 1.80. The Balaban J connectivity index is 1.59. The van der Waals surface area contributed by atoms with Crippen LogP contribution in [0.1, 0.15) is 10.5 Å². The van der Waals surface area contributed by atoms with Crippen molar-refractivity contribution < 1.29 is 9.59 Å². The van der Waals surface area contributed by atoms with Crippen LogP contribution in [0.3, 0.4) is 0 Å². The average molecular weight is 487 g/mol. The monoisotopic (exact) mass is 486 g/mol. The van der Waals surface area contributed by atoms with Gasteiger partial charge < -0.3 is 4.57 Å². The van der Waals surface area contributed by atoms with Crippen molar-refractivity contribution in [2.24, 2.45) is 7.05 Å². The summed E-state index contributed by atoms with van der Waals surface area (Å²) in [6.45, 7) is 0. The van der Waals surface area contributed by atoms with Gasteiger partial charge in [-0.1, -0.05) is 35.0 Å². The van der Waals surface area contributed by atoms with Gasteiger partial charge in [-0.3, -0.25) is 24.5 Å². The molecule has 0 radical (unpaired) electrons. The maximum absolute atomic E-state index is 12.4. The Morgan fingerprint density at radius 1 is 1.09 bits per heavy atom. The highest BCUT2D eigenvalue weighted by molar-refractivity contribution is 7.99. The zero-order valence-electron chi connectivity index (χ0n) is 16.7. The van der Waals surface area contributed by atoms with Gasteiger partial charge in [-0.05, 0) is 42.5 Å². The van der Waals surface area contributed by atoms with Crippen molar-refractivity contribution in [1.82, 2.24) is 29.6 Å². The Hall–Kier alpha value is -3.14. The minimum Gasteiger partial charge on any atom is -0.347 e. The van der Waals surface area contributed by atoms with Crippen LogP contribution < -0.4 is 5.32 Å². The molecule has 0 aliphatic carbocycles. The summed E-state index contributed by atoms with van der Waals surface area (Å²) < 4.78 is 3.40. The lowest BCUT2D eigenvalue weighted by Gasteiger charge is -2.11. The molecule has 0 aliphatic heterocycles. The maximum atomic E-state index is 12.4. The molecule has 0 spiro atoms. The van der Waals surface area contributed by atoms with Crippen LogP contribution in [0.2, 0.25) is 10.0 Å². The molecule has 0 saturated heterocycles. The summed E-state index contributed by atoms with van der Waals surface area (Å²) in [6.07, 6.45) is 5.05. The molecule has 0 aliphatic rings. The third-order valence-electron chi connectivity index (χ3n) is 4.48. The van der Waals surface area contributed by atoms with Crippen LogP contribution >= 0.6 is 35.0 Å². The van der Waals surface area contributed by atoms with Gasteiger partial charge in [0.2, 0.25) is 5.91 Å². The Morgan fingerprint density at radius 3 is 2.62 bits per heavy atom. The zero-order chi connectivity index (χ0) is 22.7. The molecule has 0 atom stereocenters. The summed E-state index contributed by atoms with van der Waals surface area (Å²) >= 11 is 13.4. The number of pyridine rings is 1. The number of imide groups is 1. The predicted octanol–water partition coefficient (Wildman–Crippen LogP) is 4.02. The van der Waals surface area contributed by atoms with Gasteiger partial charge in [-0.15, -0.1) is 10.2 Å². The van der Waals surface area contributed by atoms with E-state index < -0.39 is 11.8 Å². The quantitative estimate of drug-likeness (QED) is 0.413. The zero-order valence-corrected chi connectivity index (χ0v) is 19.0. The normalized spacial score (nSPS) is 10.8. The Morgan fingerprint density at radius 2 is 1.94 bits per heavy atom. The van der Waals surface area contributed by atoms with Crippen molar-refractivity contribution in [3.05, 3.63) is 76.8 Å². The summed E-state index contributed by atoms with van der Waals surface area (Å²) in [5, 5.41) is 12.1. The molecule has 8 nitrogen and oxygen atoms in total. The van der Waals surface area contributed by atoms with E-state index in [0.29, 0.717) is 32.4 Å². The van der Waals surface area contributed by atoms with E-state index in [1.807, 2.05) is 6.07 Å². The molecule has 1 aromatic carbocycles. The van der Waals surface area contributed by atoms with Gasteiger partial charge in [-0.2, -0.15) is 0 Å². The Labute approximate surface area is 197 Å². The molecule has 4 rings (SSSR count). The molecule has 162 valence electrons. The molecule has 32 heavy (non-hydrogen) atoms. The van der Waals surface area contributed by atoms with Crippen molar-refractivity contribution >= 4 is 46.8 Å². The smallest absolute Gasteiger partial charge is 0.274 e. The number of carbonyl (C=O) groups excluding carboxylic acids is 2. The first-order chi connectivity index (χ1) is 15.4. The number of amides is 2. The predicted molar refractivity (Wildman–Crippen MR) is 123 cm³/mol. The second-order valence-corrected chi connectivity index (χ2v) is 8.41. The molecule has 3 aromatic heterocycles. The minimum absolute atomic E-state index is 0.0390. The SMILES string of the molecule is Cn1cccc1C(=O)NC(=O)CSc1nnc(-c2cccnc2)n1-c1ccc(Cl)c(Cl)c1. The highest BCUT2D eigenvalue weighted by Crippen LogP contribution is 2.31. The van der Waals surface area contributed by atoms with Crippen molar-refractivity contribution in [3.8, 4) is 17.1 Å². The van der Waals surface area contributed by atoms with Crippen LogP contribution in [0.4, 0.5) is 0 Å². The van der Waals surface area contributed by atoms with Gasteiger partial charge in [0.25, 0.3) is 5.91 Å². The summed E-state index contributed by atoms with van der Waals surface area (Å²) in [4.78, 5) is 28.8. The number of nitrogens with one attached hydrogen (secondary N) is 1. The van der Waals surface area contributed by atoms with Crippen molar-refractivity contribution in [1.29, 1.82) is 0 Å². The van der Waals surface area contributed by atoms with E-state index in [1.165, 1.54) is 0 Å². The minimum atomic E-state index is -0.468. The largest absolute Gasteiger partial charge is 0.347 e. The molecule has 11 heteroatoms. The van der Waals surface area contributed by atoms with Gasteiger partial charge >= 0.3 is 0 Å². The number of nitrogens with zero attached hydrogens (tertiary/aromatic N) is 5. The molecule has 0 bridgehead atoms. The van der Waals surface area contributed by atoms with Crippen LogP contribution in [0, 0.1) is 0 Å². The van der Waals surface area contributed by atoms with E-state index in [2.05, 4.69) is 20.5 Å². The molecular weight excluding hydrogens is 471 g/mol. The molecule has 0 saturated carbocycles. The van der Waals surface area contributed by atoms with Crippen LogP contribution in [0.25, 0.3) is 17.1 Å². The lowest BCUT2D eigenvalue weighted by atomic mass is 10.2. The highest BCUT2D eigenvalue weighted by Gasteiger charge is 2.19. The number of carbonyl (C=O) groups is 2. The lowest BCUT2D eigenvalue weighted by molar-refractivity contribution is -0.117. The number of thioether (sulfide) groups is 1. The first kappa shape index (κ1) is 22.1. The van der Waals surface area contributed by atoms with Crippen LogP contribution in [0.5, 0.6) is 0 Å². The average Bonchev–Trinajstić information content (AvgIpc) is 3.41. The fraction of sp³-hybridized carbons (Fsp3) is 0.0952. The Bertz CT molecular complexity index is 1290. The second kappa shape index (κ2) is 9.56. The van der Waals surface area contributed by atoms with E-state index in [0.717, 1.165) is 17.3 Å². The number of hydrogen-bond acceptors (Lipinski definition) is 6. The van der Waals surface area contributed by atoms with Gasteiger partial charge in [0.05, 0.1) is 21.5 Å². The summed E-state index contributed by atoms with van der Waals surface area (Å²) in [7, 11) is 1.73. The second-order valence-electron chi connectivity index (χ2n) is 6.65. The van der Waals surface area contributed by atoms with Gasteiger partial charge in [0, 0.05) is 31.2 Å². The van der Waals surface area contributed by atoms with Gasteiger partial charge in [-0.25, -0.2) is 0 Å². The van der Waals surface area contributed by atoms with Gasteiger partial charge in [0.1, 0.15) is 5.69 Å². The summed E-state index contributed by atoms with van der Waals surface area (Å²) in [6, 6.07) is 12.1. The number of aryl methyl sites for hydroxylation is 1. The number of hydrogen-bond donors (Lipinski definition) is 1. The molecule has 1 N–H and O–H groups in total. The molecule has 0 fully saturated rings. The number of benzene rings is 1. The van der Waals surface area contributed by atoms with E-state index in [4.69, 9.17) is 23.2 Å². The van der Waals surface area contributed by atoms with E-state index in [1.54, 1.807) is 71.2 Å². The third-order valence-corrected chi connectivity index (χ3v) is 6.14. The lowest BCUT2D eigenvalue weighted by Crippen LogP contribution is -2.33. The standard InChI is InChI=1S/C21H16Cl2N6O2S/c1-28-9-3-5-17(28)20(31)25-18(30)12-32-21-27-26-19(13-4-2-8-24-11-13)29(21)14-6-7-15(22)16(23)10-14/h2-11H,12H2,1H3,(H,25,30,31). The Kier molecular flexibility index (Phi) is 6.59. The van der Waals surface area contributed by atoms with Crippen molar-refractivity contribution in [2.75, 3.05) is 5.75 Å². The van der Waals surface area contributed by atoms with Gasteiger partial charge in [0.15, 0.2) is 11.0 Å². The van der Waals surface area contributed by atoms with Crippen LogP contribution in [-0.4, -0.2) is 41.9 Å². The summed E-state index contributed by atoms with van der Waals surface area (Å²) in [5.74, 6) is -0.431. The molecule has 3 heterocycles. The molecule has 4 aromatic rings. The van der Waals surface area contributed by atoms with Crippen molar-refractivity contribution in [2.45, 2.75) is 5.16 Å². The van der Waals surface area contributed by atoms with Crippen LogP contribution in [-0.2, 0) is 11.8 Å². The first-order valence-corrected chi connectivity index (χ1v) is 11.1. The third kappa shape index (κ3) is 4.69. The molecule has 2 amide bonds. The number of aromatic nitrogens is 5.